The predicted octanol–water partition coefficient (Wildman–Crippen LogP) is 2.74. The molecule has 1 atom stereocenters. The summed E-state index contributed by atoms with van der Waals surface area (Å²) in [5, 5.41) is 11.6. The predicted molar refractivity (Wildman–Crippen MR) is 85.7 cm³/mol. The van der Waals surface area contributed by atoms with Gasteiger partial charge in [-0.05, 0) is 34.1 Å². The highest BCUT2D eigenvalue weighted by atomic mass is 32.2. The van der Waals surface area contributed by atoms with Crippen molar-refractivity contribution in [3.63, 3.8) is 0 Å². The average molecular weight is 287 g/mol. The molecule has 2 aromatic rings. The van der Waals surface area contributed by atoms with Crippen molar-refractivity contribution in [2.45, 2.75) is 6.54 Å². The topological polar surface area (TPSA) is 64.1 Å². The minimum absolute atomic E-state index is 0.302. The first kappa shape index (κ1) is 12.9. The second kappa shape index (κ2) is 5.46. The highest BCUT2D eigenvalue weighted by Crippen LogP contribution is 2.47. The van der Waals surface area contributed by atoms with Gasteiger partial charge in [0.2, 0.25) is 0 Å². The summed E-state index contributed by atoms with van der Waals surface area (Å²) < 4.78 is 1.98. The number of phenolic OH excluding ortho intramolecular Hbond substituents is 1. The summed E-state index contributed by atoms with van der Waals surface area (Å²) in [6, 6.07) is 7.40. The van der Waals surface area contributed by atoms with Crippen molar-refractivity contribution in [3.8, 4) is 5.75 Å². The molecule has 3 rings (SSSR count). The van der Waals surface area contributed by atoms with Gasteiger partial charge in [0.15, 0.2) is 5.95 Å². The van der Waals surface area contributed by atoms with Gasteiger partial charge in [-0.2, -0.15) is 0 Å². The zero-order valence-corrected chi connectivity index (χ0v) is 11.9. The van der Waals surface area contributed by atoms with Crippen molar-refractivity contribution in [1.82, 2.24) is 9.55 Å². The molecule has 0 saturated carbocycles. The summed E-state index contributed by atoms with van der Waals surface area (Å²) in [5.41, 5.74) is 6.96. The number of nitrogen functional groups attached to an aromatic ring is 1. The number of aromatic nitrogens is 2. The molecule has 0 aliphatic carbocycles. The van der Waals surface area contributed by atoms with Crippen molar-refractivity contribution in [1.29, 1.82) is 0 Å². The highest BCUT2D eigenvalue weighted by molar-refractivity contribution is 8.27. The molecule has 0 fully saturated rings. The molecule has 104 valence electrons. The van der Waals surface area contributed by atoms with Crippen LogP contribution in [-0.4, -0.2) is 20.4 Å². The molecule has 1 aliphatic rings. The first-order valence-electron chi connectivity index (χ1n) is 6.45. The van der Waals surface area contributed by atoms with Crippen LogP contribution in [0.4, 0.5) is 5.95 Å². The Balaban J connectivity index is 1.71. The van der Waals surface area contributed by atoms with E-state index < -0.39 is 0 Å². The van der Waals surface area contributed by atoms with Crippen LogP contribution in [0.15, 0.2) is 54.2 Å². The molecule has 3 N–H and O–H groups in total. The minimum Gasteiger partial charge on any atom is -0.508 e. The molecule has 0 saturated heterocycles. The van der Waals surface area contributed by atoms with Crippen LogP contribution in [0.25, 0.3) is 4.91 Å². The van der Waals surface area contributed by atoms with Gasteiger partial charge in [0.05, 0.1) is 0 Å². The average Bonchev–Trinajstić information content (AvgIpc) is 3.06. The van der Waals surface area contributed by atoms with Crippen LogP contribution < -0.4 is 5.73 Å². The maximum atomic E-state index is 9.37. The van der Waals surface area contributed by atoms with Gasteiger partial charge in [-0.25, -0.2) is 15.9 Å². The lowest BCUT2D eigenvalue weighted by Gasteiger charge is -2.19. The van der Waals surface area contributed by atoms with E-state index in [2.05, 4.69) is 22.5 Å². The maximum Gasteiger partial charge on any atom is 0.200 e. The third-order valence-electron chi connectivity index (χ3n) is 3.32. The lowest BCUT2D eigenvalue weighted by Crippen LogP contribution is -2.05. The Hall–Kier alpha value is -2.14. The van der Waals surface area contributed by atoms with Crippen LogP contribution in [0.2, 0.25) is 0 Å². The zero-order chi connectivity index (χ0) is 13.9. The lowest BCUT2D eigenvalue weighted by molar-refractivity contribution is 0.475. The third kappa shape index (κ3) is 2.58. The number of phenols is 1. The number of nitrogens with two attached hydrogens (primary N) is 1. The highest BCUT2D eigenvalue weighted by Gasteiger charge is 2.13. The molecule has 1 aliphatic heterocycles. The van der Waals surface area contributed by atoms with Gasteiger partial charge in [0.25, 0.3) is 0 Å². The van der Waals surface area contributed by atoms with E-state index in [1.807, 2.05) is 22.9 Å². The standard InChI is InChI=1S/C15H17N3OS/c16-15-17-7-8-18(15)9-11-20-10-1-2-14(20)12-3-5-13(19)6-4-12/h1-8,10,19-20H,9,11H2,(H2,16,17). The summed E-state index contributed by atoms with van der Waals surface area (Å²) in [7, 11) is -0.317. The van der Waals surface area contributed by atoms with Crippen LogP contribution in [-0.2, 0) is 6.54 Å². The number of hydrogen-bond acceptors (Lipinski definition) is 3. The van der Waals surface area contributed by atoms with Crippen molar-refractivity contribution in [2.24, 2.45) is 0 Å². The molecular weight excluding hydrogens is 270 g/mol. The summed E-state index contributed by atoms with van der Waals surface area (Å²) in [6.45, 7) is 0.872. The van der Waals surface area contributed by atoms with E-state index >= 15 is 0 Å². The molecule has 1 aromatic heterocycles. The molecule has 0 spiro atoms. The molecule has 0 amide bonds. The van der Waals surface area contributed by atoms with Gasteiger partial charge in [-0.15, -0.1) is 0 Å². The Bertz CT molecular complexity index is 658. The van der Waals surface area contributed by atoms with Crippen molar-refractivity contribution >= 4 is 21.7 Å². The van der Waals surface area contributed by atoms with Gasteiger partial charge in [-0.3, -0.25) is 0 Å². The van der Waals surface area contributed by atoms with E-state index in [1.54, 1.807) is 18.3 Å². The van der Waals surface area contributed by atoms with Crippen LogP contribution in [0, 0.1) is 0 Å². The SMILES string of the molecule is Nc1nccn1CC[SH]1C=CC=C1c1ccc(O)cc1. The molecule has 0 bridgehead atoms. The first-order chi connectivity index (χ1) is 9.74. The molecule has 2 heterocycles. The molecule has 1 aromatic carbocycles. The smallest absolute Gasteiger partial charge is 0.200 e. The van der Waals surface area contributed by atoms with E-state index in [-0.39, 0.29) is 10.9 Å². The van der Waals surface area contributed by atoms with Gasteiger partial charge >= 0.3 is 0 Å². The number of aryl methyl sites for hydroxylation is 1. The fourth-order valence-electron chi connectivity index (χ4n) is 2.25. The molecular formula is C15H17N3OS. The Morgan fingerprint density at radius 3 is 2.75 bits per heavy atom. The number of hydrogen-bond donors (Lipinski definition) is 3. The summed E-state index contributed by atoms with van der Waals surface area (Å²) >= 11 is 0. The van der Waals surface area contributed by atoms with E-state index in [0.29, 0.717) is 11.7 Å². The van der Waals surface area contributed by atoms with E-state index in [4.69, 9.17) is 5.73 Å². The quantitative estimate of drug-likeness (QED) is 0.758. The number of benzene rings is 1. The normalized spacial score (nSPS) is 19.2. The zero-order valence-electron chi connectivity index (χ0n) is 11.0. The van der Waals surface area contributed by atoms with Gasteiger partial charge in [0.1, 0.15) is 5.75 Å². The molecule has 0 radical (unpaired) electrons. The van der Waals surface area contributed by atoms with Gasteiger partial charge in [0, 0.05) is 24.7 Å². The summed E-state index contributed by atoms with van der Waals surface area (Å²) in [5.74, 6) is 1.91. The van der Waals surface area contributed by atoms with Crippen LogP contribution >= 0.6 is 10.9 Å². The maximum absolute atomic E-state index is 9.37. The number of aromatic hydroxyl groups is 1. The van der Waals surface area contributed by atoms with Gasteiger partial charge in [-0.1, -0.05) is 18.2 Å². The van der Waals surface area contributed by atoms with Crippen molar-refractivity contribution in [2.75, 3.05) is 11.5 Å². The summed E-state index contributed by atoms with van der Waals surface area (Å²) in [6.07, 6.45) is 7.92. The fourth-order valence-corrected chi connectivity index (χ4v) is 4.28. The third-order valence-corrected chi connectivity index (χ3v) is 5.56. The van der Waals surface area contributed by atoms with Crippen molar-refractivity contribution in [3.05, 3.63) is 59.8 Å². The number of rotatable bonds is 4. The van der Waals surface area contributed by atoms with Crippen LogP contribution in [0.5, 0.6) is 5.75 Å². The first-order valence-corrected chi connectivity index (χ1v) is 8.05. The monoisotopic (exact) mass is 287 g/mol. The Morgan fingerprint density at radius 1 is 1.25 bits per heavy atom. The fraction of sp³-hybridized carbons (Fsp3) is 0.133. The second-order valence-electron chi connectivity index (χ2n) is 4.61. The number of thiol groups is 1. The van der Waals surface area contributed by atoms with Crippen LogP contribution in [0.3, 0.4) is 0 Å². The van der Waals surface area contributed by atoms with E-state index in [9.17, 15) is 5.11 Å². The Labute approximate surface area is 120 Å². The lowest BCUT2D eigenvalue weighted by atomic mass is 10.2. The minimum atomic E-state index is -0.317. The van der Waals surface area contributed by atoms with Crippen LogP contribution in [0.1, 0.15) is 5.56 Å². The Morgan fingerprint density at radius 2 is 2.05 bits per heavy atom. The largest absolute Gasteiger partial charge is 0.508 e. The van der Waals surface area contributed by atoms with E-state index in [1.165, 1.54) is 10.5 Å². The second-order valence-corrected chi connectivity index (χ2v) is 6.78. The molecule has 1 unspecified atom stereocenters. The molecule has 5 heteroatoms. The number of imidazole rings is 1. The molecule has 4 nitrogen and oxygen atoms in total. The number of nitrogens with zero attached hydrogens (tertiary/aromatic N) is 2. The molecule has 20 heavy (non-hydrogen) atoms. The Kier molecular flexibility index (Phi) is 3.52. The van der Waals surface area contributed by atoms with Crippen molar-refractivity contribution < 1.29 is 5.11 Å². The number of anilines is 1. The summed E-state index contributed by atoms with van der Waals surface area (Å²) in [4.78, 5) is 5.38. The van der Waals surface area contributed by atoms with E-state index in [0.717, 1.165) is 12.3 Å². The number of allylic oxidation sites excluding steroid dienone is 2. The van der Waals surface area contributed by atoms with Gasteiger partial charge < -0.3 is 15.4 Å².